The molecule has 4 rings (SSSR count). The van der Waals surface area contributed by atoms with Gasteiger partial charge in [-0.2, -0.15) is 0 Å². The van der Waals surface area contributed by atoms with Crippen LogP contribution in [0, 0.1) is 0 Å². The van der Waals surface area contributed by atoms with Gasteiger partial charge < -0.3 is 14.4 Å². The van der Waals surface area contributed by atoms with Gasteiger partial charge in [-0.25, -0.2) is 4.79 Å². The first-order valence-corrected chi connectivity index (χ1v) is 12.1. The minimum atomic E-state index is -0.674. The third-order valence-corrected chi connectivity index (χ3v) is 6.75. The molecule has 2 amide bonds. The van der Waals surface area contributed by atoms with E-state index in [1.165, 1.54) is 7.11 Å². The van der Waals surface area contributed by atoms with Crippen LogP contribution in [0.1, 0.15) is 56.2 Å². The normalized spacial score (nSPS) is 21.9. The number of hydrogen-bond acceptors (Lipinski definition) is 5. The van der Waals surface area contributed by atoms with E-state index < -0.39 is 17.7 Å². The van der Waals surface area contributed by atoms with E-state index in [0.717, 1.165) is 16.7 Å². The van der Waals surface area contributed by atoms with Crippen LogP contribution in [0.2, 0.25) is 0 Å². The zero-order valence-corrected chi connectivity index (χ0v) is 20.9. The van der Waals surface area contributed by atoms with Crippen LogP contribution in [0.5, 0.6) is 0 Å². The lowest BCUT2D eigenvalue weighted by Crippen LogP contribution is -2.53. The maximum Gasteiger partial charge on any atom is 0.410 e. The minimum absolute atomic E-state index is 0.0220. The monoisotopic (exact) mass is 478 g/mol. The zero-order valence-electron chi connectivity index (χ0n) is 20.9. The summed E-state index contributed by atoms with van der Waals surface area (Å²) in [6.45, 7) is 6.26. The number of hydrogen-bond donors (Lipinski definition) is 0. The van der Waals surface area contributed by atoms with Crippen LogP contribution in [-0.4, -0.2) is 59.1 Å². The van der Waals surface area contributed by atoms with Gasteiger partial charge in [0.1, 0.15) is 11.6 Å². The predicted molar refractivity (Wildman–Crippen MR) is 132 cm³/mol. The summed E-state index contributed by atoms with van der Waals surface area (Å²) >= 11 is 0. The second-order valence-electron chi connectivity index (χ2n) is 10.4. The summed E-state index contributed by atoms with van der Waals surface area (Å²) in [6, 6.07) is 16.9. The number of benzene rings is 2. The second kappa shape index (κ2) is 10.1. The van der Waals surface area contributed by atoms with Gasteiger partial charge in [0.2, 0.25) is 5.91 Å². The number of fused-ring (bicyclic) bond motifs is 1. The Balaban J connectivity index is 1.64. The van der Waals surface area contributed by atoms with Crippen LogP contribution in [0.25, 0.3) is 0 Å². The molecule has 0 radical (unpaired) electrons. The summed E-state index contributed by atoms with van der Waals surface area (Å²) in [7, 11) is 1.36. The van der Waals surface area contributed by atoms with Crippen molar-refractivity contribution >= 4 is 18.0 Å². The van der Waals surface area contributed by atoms with E-state index in [1.54, 1.807) is 9.80 Å². The van der Waals surface area contributed by atoms with Crippen LogP contribution in [0.3, 0.4) is 0 Å². The number of methoxy groups -OCH3 is 1. The molecule has 7 nitrogen and oxygen atoms in total. The first-order chi connectivity index (χ1) is 16.7. The molecule has 0 aromatic heterocycles. The molecule has 0 spiro atoms. The molecule has 0 N–H and O–H groups in total. The first kappa shape index (κ1) is 24.8. The Morgan fingerprint density at radius 3 is 2.26 bits per heavy atom. The lowest BCUT2D eigenvalue weighted by atomic mass is 9.90. The molecule has 2 aromatic rings. The maximum absolute atomic E-state index is 14.1. The smallest absolute Gasteiger partial charge is 0.410 e. The van der Waals surface area contributed by atoms with Crippen LogP contribution in [0.15, 0.2) is 54.6 Å². The summed E-state index contributed by atoms with van der Waals surface area (Å²) in [5, 5.41) is 0. The van der Waals surface area contributed by atoms with Gasteiger partial charge >= 0.3 is 12.1 Å². The molecule has 1 saturated heterocycles. The quantitative estimate of drug-likeness (QED) is 0.613. The van der Waals surface area contributed by atoms with E-state index in [9.17, 15) is 14.4 Å². The highest BCUT2D eigenvalue weighted by Gasteiger charge is 2.45. The van der Waals surface area contributed by atoms with E-state index in [-0.39, 0.29) is 30.3 Å². The molecule has 0 bridgehead atoms. The Morgan fingerprint density at radius 2 is 1.60 bits per heavy atom. The van der Waals surface area contributed by atoms with Crippen molar-refractivity contribution in [1.29, 1.82) is 0 Å². The van der Waals surface area contributed by atoms with Gasteiger partial charge in [0.05, 0.1) is 13.5 Å². The summed E-state index contributed by atoms with van der Waals surface area (Å²) < 4.78 is 10.6. The van der Waals surface area contributed by atoms with E-state index in [4.69, 9.17) is 9.47 Å². The standard InChI is InChI=1S/C28H34N2O5/c1-28(2,3)35-27(33)30-18-22(19-10-6-5-7-11-19)15-24(30)26(32)29-17-21-13-9-8-12-20(21)14-23(29)16-25(31)34-4/h5-13,22-24H,14-18H2,1-4H3/t22-,23-,24-/m1/s1. The molecule has 0 unspecified atom stereocenters. The molecule has 3 atom stereocenters. The molecule has 0 saturated carbocycles. The van der Waals surface area contributed by atoms with Crippen molar-refractivity contribution in [3.8, 4) is 0 Å². The molecule has 0 aliphatic carbocycles. The van der Waals surface area contributed by atoms with Crippen molar-refractivity contribution in [1.82, 2.24) is 9.80 Å². The zero-order chi connectivity index (χ0) is 25.2. The number of amides is 2. The van der Waals surface area contributed by atoms with E-state index in [2.05, 4.69) is 0 Å². The highest BCUT2D eigenvalue weighted by atomic mass is 16.6. The van der Waals surface area contributed by atoms with Crippen molar-refractivity contribution in [3.63, 3.8) is 0 Å². The number of ether oxygens (including phenoxy) is 2. The molecular weight excluding hydrogens is 444 g/mol. The Bertz CT molecular complexity index is 1080. The number of carbonyl (C=O) groups is 3. The van der Waals surface area contributed by atoms with E-state index in [0.29, 0.717) is 25.9 Å². The molecule has 2 aromatic carbocycles. The van der Waals surface area contributed by atoms with Gasteiger partial charge in [-0.1, -0.05) is 54.6 Å². The van der Waals surface area contributed by atoms with Crippen LogP contribution in [-0.2, 0) is 32.0 Å². The van der Waals surface area contributed by atoms with Crippen LogP contribution >= 0.6 is 0 Å². The third-order valence-electron chi connectivity index (χ3n) is 6.75. The third kappa shape index (κ3) is 5.66. The van der Waals surface area contributed by atoms with Crippen molar-refractivity contribution < 1.29 is 23.9 Å². The molecule has 2 aliphatic rings. The van der Waals surface area contributed by atoms with Crippen LogP contribution in [0.4, 0.5) is 4.79 Å². The van der Waals surface area contributed by atoms with Gasteiger partial charge in [-0.3, -0.25) is 14.5 Å². The number of nitrogens with zero attached hydrogens (tertiary/aromatic N) is 2. The Morgan fingerprint density at radius 1 is 0.943 bits per heavy atom. The van der Waals surface area contributed by atoms with Gasteiger partial charge in [0, 0.05) is 25.0 Å². The van der Waals surface area contributed by atoms with Gasteiger partial charge in [-0.15, -0.1) is 0 Å². The summed E-state index contributed by atoms with van der Waals surface area (Å²) in [5.74, 6) is -0.490. The highest BCUT2D eigenvalue weighted by molar-refractivity contribution is 5.87. The van der Waals surface area contributed by atoms with Crippen molar-refractivity contribution in [2.45, 2.75) is 70.2 Å². The summed E-state index contributed by atoms with van der Waals surface area (Å²) in [5.41, 5.74) is 2.60. The summed E-state index contributed by atoms with van der Waals surface area (Å²) in [4.78, 5) is 42.8. The lowest BCUT2D eigenvalue weighted by Gasteiger charge is -2.39. The van der Waals surface area contributed by atoms with Crippen molar-refractivity contribution in [2.24, 2.45) is 0 Å². The predicted octanol–water partition coefficient (Wildman–Crippen LogP) is 4.30. The average molecular weight is 479 g/mol. The Kier molecular flexibility index (Phi) is 7.15. The van der Waals surface area contributed by atoms with E-state index in [1.807, 2.05) is 75.4 Å². The van der Waals surface area contributed by atoms with Crippen molar-refractivity contribution in [3.05, 3.63) is 71.3 Å². The fourth-order valence-electron chi connectivity index (χ4n) is 5.05. The van der Waals surface area contributed by atoms with E-state index >= 15 is 0 Å². The lowest BCUT2D eigenvalue weighted by molar-refractivity contribution is -0.146. The molecule has 35 heavy (non-hydrogen) atoms. The molecule has 2 heterocycles. The van der Waals surface area contributed by atoms with Crippen molar-refractivity contribution in [2.75, 3.05) is 13.7 Å². The van der Waals surface area contributed by atoms with Gasteiger partial charge in [0.15, 0.2) is 0 Å². The number of carbonyl (C=O) groups excluding carboxylic acids is 3. The van der Waals surface area contributed by atoms with Gasteiger partial charge in [-0.05, 0) is 50.3 Å². The highest BCUT2D eigenvalue weighted by Crippen LogP contribution is 2.36. The Hall–Kier alpha value is -3.35. The molecule has 186 valence electrons. The SMILES string of the molecule is COC(=O)C[C@H]1Cc2ccccc2CN1C(=O)[C@H]1C[C@@H](c2ccccc2)CN1C(=O)OC(C)(C)C. The first-order valence-electron chi connectivity index (χ1n) is 12.1. The Labute approximate surface area is 207 Å². The molecule has 1 fully saturated rings. The number of likely N-dealkylation sites (tertiary alicyclic amines) is 1. The number of rotatable bonds is 4. The topological polar surface area (TPSA) is 76.2 Å². The van der Waals surface area contributed by atoms with Crippen LogP contribution < -0.4 is 0 Å². The average Bonchev–Trinajstić information content (AvgIpc) is 3.28. The maximum atomic E-state index is 14.1. The fourth-order valence-corrected chi connectivity index (χ4v) is 5.05. The fraction of sp³-hybridized carbons (Fsp3) is 0.464. The largest absolute Gasteiger partial charge is 0.469 e. The summed E-state index contributed by atoms with van der Waals surface area (Å²) in [6.07, 6.45) is 0.692. The molecule has 2 aliphatic heterocycles. The van der Waals surface area contributed by atoms with Gasteiger partial charge in [0.25, 0.3) is 0 Å². The second-order valence-corrected chi connectivity index (χ2v) is 10.4. The molecule has 7 heteroatoms. The minimum Gasteiger partial charge on any atom is -0.469 e. The molecular formula is C28H34N2O5. The number of esters is 1.